The molecular formula is C19H23N3O4S. The molecule has 0 heterocycles. The molecule has 0 atom stereocenters. The maximum absolute atomic E-state index is 12.0. The first kappa shape index (κ1) is 20.4. The molecule has 27 heavy (non-hydrogen) atoms. The predicted molar refractivity (Wildman–Crippen MR) is 106 cm³/mol. The van der Waals surface area contributed by atoms with Gasteiger partial charge in [-0.05, 0) is 49.7 Å². The normalized spacial score (nSPS) is 10.9. The molecule has 0 saturated carbocycles. The van der Waals surface area contributed by atoms with Crippen LogP contribution in [0.5, 0.6) is 0 Å². The van der Waals surface area contributed by atoms with Crippen molar-refractivity contribution in [1.82, 2.24) is 5.32 Å². The van der Waals surface area contributed by atoms with Crippen molar-refractivity contribution in [3.63, 3.8) is 0 Å². The van der Waals surface area contributed by atoms with Gasteiger partial charge in [-0.15, -0.1) is 0 Å². The van der Waals surface area contributed by atoms with Crippen LogP contribution in [-0.2, 0) is 14.8 Å². The first-order valence-corrected chi connectivity index (χ1v) is 10.3. The Morgan fingerprint density at radius 3 is 2.19 bits per heavy atom. The van der Waals surface area contributed by atoms with Gasteiger partial charge >= 0.3 is 0 Å². The second-order valence-corrected chi connectivity index (χ2v) is 7.87. The number of nitrogens with one attached hydrogen (secondary N) is 3. The van der Waals surface area contributed by atoms with Crippen LogP contribution in [0.15, 0.2) is 54.6 Å². The lowest BCUT2D eigenvalue weighted by Crippen LogP contribution is -2.25. The van der Waals surface area contributed by atoms with Crippen molar-refractivity contribution in [1.29, 1.82) is 0 Å². The highest BCUT2D eigenvalue weighted by Crippen LogP contribution is 2.15. The quantitative estimate of drug-likeness (QED) is 0.573. The Morgan fingerprint density at radius 1 is 0.926 bits per heavy atom. The molecule has 0 spiro atoms. The summed E-state index contributed by atoms with van der Waals surface area (Å²) in [5.41, 5.74) is 1.60. The lowest BCUT2D eigenvalue weighted by molar-refractivity contribution is -0.116. The minimum atomic E-state index is -3.32. The van der Waals surface area contributed by atoms with E-state index in [1.54, 1.807) is 55.5 Å². The third-order valence-corrected chi connectivity index (χ3v) is 5.03. The van der Waals surface area contributed by atoms with Gasteiger partial charge in [-0.3, -0.25) is 14.3 Å². The third-order valence-electron chi connectivity index (χ3n) is 3.72. The molecule has 2 rings (SSSR count). The first-order valence-electron chi connectivity index (χ1n) is 8.63. The van der Waals surface area contributed by atoms with E-state index in [0.29, 0.717) is 29.9 Å². The number of rotatable bonds is 9. The zero-order chi connectivity index (χ0) is 19.7. The zero-order valence-electron chi connectivity index (χ0n) is 15.1. The van der Waals surface area contributed by atoms with Gasteiger partial charge < -0.3 is 10.6 Å². The number of hydrogen-bond acceptors (Lipinski definition) is 4. The molecule has 0 aliphatic heterocycles. The summed E-state index contributed by atoms with van der Waals surface area (Å²) in [6, 6.07) is 15.3. The van der Waals surface area contributed by atoms with Crippen LogP contribution < -0.4 is 15.4 Å². The second kappa shape index (κ2) is 9.72. The SMILES string of the molecule is CCS(=O)(=O)Nc1ccc(NC(=O)CCCNC(=O)c2ccccc2)cc1. The summed E-state index contributed by atoms with van der Waals surface area (Å²) in [5, 5.41) is 5.51. The maximum atomic E-state index is 12.0. The Balaban J connectivity index is 1.72. The largest absolute Gasteiger partial charge is 0.352 e. The third kappa shape index (κ3) is 7.10. The minimum absolute atomic E-state index is 0.00764. The van der Waals surface area contributed by atoms with E-state index in [0.717, 1.165) is 0 Å². The van der Waals surface area contributed by atoms with E-state index in [1.807, 2.05) is 6.07 Å². The molecule has 0 saturated heterocycles. The molecule has 0 fully saturated rings. The standard InChI is InChI=1S/C19H23N3O4S/c1-2-27(25,26)22-17-12-10-16(11-13-17)21-18(23)9-6-14-20-19(24)15-7-4-3-5-8-15/h3-5,7-8,10-13,22H,2,6,9,14H2,1H3,(H,20,24)(H,21,23). The van der Waals surface area contributed by atoms with Crippen molar-refractivity contribution in [2.24, 2.45) is 0 Å². The summed E-state index contributed by atoms with van der Waals surface area (Å²) >= 11 is 0. The van der Waals surface area contributed by atoms with Gasteiger partial charge in [-0.25, -0.2) is 8.42 Å². The van der Waals surface area contributed by atoms with Gasteiger partial charge in [0.05, 0.1) is 5.75 Å². The van der Waals surface area contributed by atoms with Crippen molar-refractivity contribution in [3.05, 3.63) is 60.2 Å². The number of benzene rings is 2. The zero-order valence-corrected chi connectivity index (χ0v) is 15.9. The van der Waals surface area contributed by atoms with E-state index in [4.69, 9.17) is 0 Å². The average Bonchev–Trinajstić information content (AvgIpc) is 2.67. The Labute approximate surface area is 159 Å². The van der Waals surface area contributed by atoms with E-state index >= 15 is 0 Å². The Hall–Kier alpha value is -2.87. The number of amides is 2. The highest BCUT2D eigenvalue weighted by Gasteiger charge is 2.08. The number of anilines is 2. The van der Waals surface area contributed by atoms with Gasteiger partial charge in [0, 0.05) is 29.9 Å². The summed E-state index contributed by atoms with van der Waals surface area (Å²) in [6.07, 6.45) is 0.776. The van der Waals surface area contributed by atoms with Crippen molar-refractivity contribution < 1.29 is 18.0 Å². The van der Waals surface area contributed by atoms with Gasteiger partial charge in [-0.2, -0.15) is 0 Å². The van der Waals surface area contributed by atoms with Crippen LogP contribution in [0.1, 0.15) is 30.1 Å². The van der Waals surface area contributed by atoms with Gasteiger partial charge in [0.15, 0.2) is 0 Å². The average molecular weight is 389 g/mol. The second-order valence-electron chi connectivity index (χ2n) is 5.86. The minimum Gasteiger partial charge on any atom is -0.352 e. The van der Waals surface area contributed by atoms with Crippen LogP contribution in [0, 0.1) is 0 Å². The molecule has 2 aromatic rings. The summed E-state index contributed by atoms with van der Waals surface area (Å²) < 4.78 is 25.4. The fraction of sp³-hybridized carbons (Fsp3) is 0.263. The van der Waals surface area contributed by atoms with Crippen LogP contribution in [0.4, 0.5) is 11.4 Å². The molecule has 8 heteroatoms. The molecule has 2 aromatic carbocycles. The van der Waals surface area contributed by atoms with Crippen molar-refractivity contribution in [2.45, 2.75) is 19.8 Å². The molecule has 0 aromatic heterocycles. The van der Waals surface area contributed by atoms with Gasteiger partial charge in [0.25, 0.3) is 5.91 Å². The van der Waals surface area contributed by atoms with E-state index < -0.39 is 10.0 Å². The summed E-state index contributed by atoms with van der Waals surface area (Å²) in [6.45, 7) is 1.96. The Morgan fingerprint density at radius 2 is 1.56 bits per heavy atom. The van der Waals surface area contributed by atoms with Crippen molar-refractivity contribution in [2.75, 3.05) is 22.3 Å². The van der Waals surface area contributed by atoms with E-state index in [-0.39, 0.29) is 24.0 Å². The molecule has 144 valence electrons. The number of carbonyl (C=O) groups excluding carboxylic acids is 2. The van der Waals surface area contributed by atoms with Crippen LogP contribution in [-0.4, -0.2) is 32.5 Å². The van der Waals surface area contributed by atoms with Crippen LogP contribution in [0.3, 0.4) is 0 Å². The number of sulfonamides is 1. The first-order chi connectivity index (χ1) is 12.9. The molecule has 0 radical (unpaired) electrons. The van der Waals surface area contributed by atoms with E-state index in [1.165, 1.54) is 0 Å². The number of carbonyl (C=O) groups is 2. The highest BCUT2D eigenvalue weighted by molar-refractivity contribution is 7.92. The van der Waals surface area contributed by atoms with Crippen molar-refractivity contribution in [3.8, 4) is 0 Å². The molecule has 7 nitrogen and oxygen atoms in total. The molecule has 3 N–H and O–H groups in total. The van der Waals surface area contributed by atoms with Crippen LogP contribution in [0.25, 0.3) is 0 Å². The Bertz CT molecular complexity index is 866. The predicted octanol–water partition coefficient (Wildman–Crippen LogP) is 2.60. The summed E-state index contributed by atoms with van der Waals surface area (Å²) in [4.78, 5) is 23.8. The van der Waals surface area contributed by atoms with Crippen LogP contribution >= 0.6 is 0 Å². The van der Waals surface area contributed by atoms with Crippen LogP contribution in [0.2, 0.25) is 0 Å². The molecule has 0 bridgehead atoms. The molecule has 2 amide bonds. The van der Waals surface area contributed by atoms with E-state index in [2.05, 4.69) is 15.4 Å². The molecular weight excluding hydrogens is 366 g/mol. The summed E-state index contributed by atoms with van der Waals surface area (Å²) in [7, 11) is -3.32. The lowest BCUT2D eigenvalue weighted by Gasteiger charge is -2.09. The summed E-state index contributed by atoms with van der Waals surface area (Å²) in [5.74, 6) is -0.348. The highest BCUT2D eigenvalue weighted by atomic mass is 32.2. The smallest absolute Gasteiger partial charge is 0.251 e. The maximum Gasteiger partial charge on any atom is 0.251 e. The fourth-order valence-electron chi connectivity index (χ4n) is 2.24. The van der Waals surface area contributed by atoms with Gasteiger partial charge in [-0.1, -0.05) is 18.2 Å². The van der Waals surface area contributed by atoms with Gasteiger partial charge in [0.1, 0.15) is 0 Å². The monoisotopic (exact) mass is 389 g/mol. The molecule has 0 aliphatic rings. The topological polar surface area (TPSA) is 104 Å². The Kier molecular flexibility index (Phi) is 7.36. The van der Waals surface area contributed by atoms with Crippen molar-refractivity contribution >= 4 is 33.2 Å². The fourth-order valence-corrected chi connectivity index (χ4v) is 2.88. The van der Waals surface area contributed by atoms with Gasteiger partial charge in [0.2, 0.25) is 15.9 Å². The molecule has 0 aliphatic carbocycles. The molecule has 0 unspecified atom stereocenters. The van der Waals surface area contributed by atoms with E-state index in [9.17, 15) is 18.0 Å². The lowest BCUT2D eigenvalue weighted by atomic mass is 10.2. The number of hydrogen-bond donors (Lipinski definition) is 3.